The van der Waals surface area contributed by atoms with E-state index in [0.717, 1.165) is 10.3 Å². The minimum atomic E-state index is 0.577. The van der Waals surface area contributed by atoms with Gasteiger partial charge in [0.25, 0.3) is 0 Å². The van der Waals surface area contributed by atoms with E-state index in [2.05, 4.69) is 23.7 Å². The first-order chi connectivity index (χ1) is 5.86. The molecular formula is C8H12N2S2. The van der Waals surface area contributed by atoms with Crippen LogP contribution >= 0.6 is 23.5 Å². The van der Waals surface area contributed by atoms with Crippen LogP contribution < -0.4 is 5.43 Å². The molecule has 0 bridgehead atoms. The number of nitrogens with one attached hydrogen (secondary N) is 1. The van der Waals surface area contributed by atoms with Gasteiger partial charge in [0.05, 0.1) is 0 Å². The van der Waals surface area contributed by atoms with E-state index >= 15 is 0 Å². The summed E-state index contributed by atoms with van der Waals surface area (Å²) < 4.78 is 0.727. The number of nitrogens with zero attached hydrogens (tertiary/aromatic N) is 1. The highest BCUT2D eigenvalue weighted by molar-refractivity contribution is 8.17. The minimum Gasteiger partial charge on any atom is -0.286 e. The van der Waals surface area contributed by atoms with Crippen molar-refractivity contribution in [3.8, 4) is 0 Å². The Bertz CT molecular complexity index is 225. The first-order valence-electron chi connectivity index (χ1n) is 4.07. The number of hydrogen-bond acceptors (Lipinski definition) is 4. The third kappa shape index (κ3) is 1.80. The molecule has 0 aromatic heterocycles. The second kappa shape index (κ2) is 3.75. The van der Waals surface area contributed by atoms with Crippen molar-refractivity contribution in [2.75, 3.05) is 11.5 Å². The number of thioether (sulfide) groups is 2. The van der Waals surface area contributed by atoms with Crippen molar-refractivity contribution in [3.63, 3.8) is 0 Å². The second-order valence-electron chi connectivity index (χ2n) is 2.94. The third-order valence-electron chi connectivity index (χ3n) is 2.05. The lowest BCUT2D eigenvalue weighted by atomic mass is 10.0. The summed E-state index contributed by atoms with van der Waals surface area (Å²) in [6, 6.07) is 0. The van der Waals surface area contributed by atoms with E-state index in [4.69, 9.17) is 0 Å². The molecular weight excluding hydrogens is 188 g/mol. The molecule has 1 saturated heterocycles. The number of rotatable bonds is 0. The number of hydrazone groups is 1. The van der Waals surface area contributed by atoms with Crippen LogP contribution in [0.15, 0.2) is 16.9 Å². The summed E-state index contributed by atoms with van der Waals surface area (Å²) in [5.74, 6) is 2.91. The van der Waals surface area contributed by atoms with Crippen molar-refractivity contribution in [1.82, 2.24) is 5.43 Å². The van der Waals surface area contributed by atoms with Crippen molar-refractivity contribution in [2.45, 2.75) is 11.5 Å². The van der Waals surface area contributed by atoms with Crippen LogP contribution in [-0.4, -0.2) is 22.3 Å². The monoisotopic (exact) mass is 200 g/mol. The molecule has 0 saturated carbocycles. The Morgan fingerprint density at radius 1 is 1.58 bits per heavy atom. The van der Waals surface area contributed by atoms with Gasteiger partial charge in [-0.1, -0.05) is 0 Å². The molecule has 66 valence electrons. The number of hydrogen-bond donors (Lipinski definition) is 1. The summed E-state index contributed by atoms with van der Waals surface area (Å²) in [6.45, 7) is 2.28. The van der Waals surface area contributed by atoms with E-state index in [1.165, 1.54) is 11.3 Å². The molecule has 2 aliphatic rings. The molecule has 0 amide bonds. The highest BCUT2D eigenvalue weighted by atomic mass is 32.2. The Kier molecular flexibility index (Phi) is 2.66. The zero-order chi connectivity index (χ0) is 8.39. The maximum absolute atomic E-state index is 4.05. The summed E-state index contributed by atoms with van der Waals surface area (Å²) >= 11 is 4.05. The summed E-state index contributed by atoms with van der Waals surface area (Å²) in [7, 11) is 0. The highest BCUT2D eigenvalue weighted by Gasteiger charge is 2.21. The van der Waals surface area contributed by atoms with Gasteiger partial charge in [-0.3, -0.25) is 5.43 Å². The standard InChI is InChI=1S/C8H12N2S2/c1-6-11-4-7-2-9-10-3-8(7)5-12-6/h2-3,6-7,10H,4-5H2,1H3. The molecule has 2 unspecified atom stereocenters. The van der Waals surface area contributed by atoms with Gasteiger partial charge in [-0.25, -0.2) is 0 Å². The molecule has 0 spiro atoms. The van der Waals surface area contributed by atoms with Crippen molar-refractivity contribution < 1.29 is 0 Å². The topological polar surface area (TPSA) is 24.4 Å². The molecule has 4 heteroatoms. The van der Waals surface area contributed by atoms with Crippen LogP contribution in [0.25, 0.3) is 0 Å². The van der Waals surface area contributed by atoms with Crippen molar-refractivity contribution in [1.29, 1.82) is 0 Å². The van der Waals surface area contributed by atoms with Crippen LogP contribution in [0.3, 0.4) is 0 Å². The van der Waals surface area contributed by atoms with Gasteiger partial charge >= 0.3 is 0 Å². The highest BCUT2D eigenvalue weighted by Crippen LogP contribution is 2.34. The van der Waals surface area contributed by atoms with E-state index in [9.17, 15) is 0 Å². The summed E-state index contributed by atoms with van der Waals surface area (Å²) in [5.41, 5.74) is 4.40. The van der Waals surface area contributed by atoms with Gasteiger partial charge in [0.1, 0.15) is 0 Å². The minimum absolute atomic E-state index is 0.577. The van der Waals surface area contributed by atoms with E-state index < -0.39 is 0 Å². The van der Waals surface area contributed by atoms with Gasteiger partial charge < -0.3 is 0 Å². The van der Waals surface area contributed by atoms with E-state index in [1.807, 2.05) is 29.7 Å². The van der Waals surface area contributed by atoms with Gasteiger partial charge in [-0.15, -0.1) is 23.5 Å². The van der Waals surface area contributed by atoms with Gasteiger partial charge in [0.2, 0.25) is 0 Å². The Labute approximate surface area is 81.3 Å². The smallest absolute Gasteiger partial charge is 0.0477 e. The average Bonchev–Trinajstić information content (AvgIpc) is 2.29. The van der Waals surface area contributed by atoms with E-state index in [0.29, 0.717) is 5.92 Å². The molecule has 0 aromatic carbocycles. The Balaban J connectivity index is 2.09. The zero-order valence-corrected chi connectivity index (χ0v) is 8.62. The predicted octanol–water partition coefficient (Wildman–Crippen LogP) is 1.90. The third-order valence-corrected chi connectivity index (χ3v) is 4.86. The van der Waals surface area contributed by atoms with Crippen LogP contribution in [0, 0.1) is 5.92 Å². The van der Waals surface area contributed by atoms with E-state index in [1.54, 1.807) is 0 Å². The van der Waals surface area contributed by atoms with Gasteiger partial charge in [-0.2, -0.15) is 5.10 Å². The van der Waals surface area contributed by atoms with Crippen LogP contribution in [0.1, 0.15) is 6.92 Å². The van der Waals surface area contributed by atoms with Crippen molar-refractivity contribution in [3.05, 3.63) is 11.8 Å². The molecule has 2 rings (SSSR count). The lowest BCUT2D eigenvalue weighted by Gasteiger charge is -2.14. The molecule has 12 heavy (non-hydrogen) atoms. The van der Waals surface area contributed by atoms with Gasteiger partial charge in [-0.05, 0) is 12.5 Å². The largest absolute Gasteiger partial charge is 0.286 e. The molecule has 1 N–H and O–H groups in total. The molecule has 0 radical (unpaired) electrons. The van der Waals surface area contributed by atoms with Crippen molar-refractivity contribution in [2.24, 2.45) is 11.0 Å². The quantitative estimate of drug-likeness (QED) is 0.646. The summed E-state index contributed by atoms with van der Waals surface area (Å²) in [4.78, 5) is 0. The Hall–Kier alpha value is -0.0900. The first kappa shape index (κ1) is 8.51. The molecule has 2 nitrogen and oxygen atoms in total. The normalized spacial score (nSPS) is 34.6. The van der Waals surface area contributed by atoms with E-state index in [-0.39, 0.29) is 0 Å². The lowest BCUT2D eigenvalue weighted by Crippen LogP contribution is -2.17. The van der Waals surface area contributed by atoms with Crippen LogP contribution in [0.2, 0.25) is 0 Å². The Morgan fingerprint density at radius 2 is 2.50 bits per heavy atom. The molecule has 2 atom stereocenters. The summed E-state index contributed by atoms with van der Waals surface area (Å²) in [6.07, 6.45) is 4.08. The maximum Gasteiger partial charge on any atom is 0.0477 e. The van der Waals surface area contributed by atoms with Crippen molar-refractivity contribution >= 4 is 29.7 Å². The first-order valence-corrected chi connectivity index (χ1v) is 6.17. The molecule has 0 aromatic rings. The summed E-state index contributed by atoms with van der Waals surface area (Å²) in [5, 5.41) is 4.05. The fourth-order valence-corrected chi connectivity index (χ4v) is 3.58. The molecule has 1 fully saturated rings. The fraction of sp³-hybridized carbons (Fsp3) is 0.625. The Morgan fingerprint density at radius 3 is 3.42 bits per heavy atom. The predicted molar refractivity (Wildman–Crippen MR) is 57.6 cm³/mol. The fourth-order valence-electron chi connectivity index (χ4n) is 1.26. The average molecular weight is 200 g/mol. The van der Waals surface area contributed by atoms with Crippen LogP contribution in [-0.2, 0) is 0 Å². The lowest BCUT2D eigenvalue weighted by molar-refractivity contribution is 0.836. The molecule has 2 heterocycles. The maximum atomic E-state index is 4.05. The number of fused-ring (bicyclic) bond motifs is 1. The zero-order valence-electron chi connectivity index (χ0n) is 6.99. The SMILES string of the molecule is CC1SCC2=CNN=CC2CS1. The van der Waals surface area contributed by atoms with Gasteiger partial charge in [0.15, 0.2) is 0 Å². The molecule has 0 aliphatic carbocycles. The second-order valence-corrected chi connectivity index (χ2v) is 5.95. The molecule has 2 aliphatic heterocycles. The van der Waals surface area contributed by atoms with Gasteiger partial charge in [0, 0.05) is 34.4 Å². The van der Waals surface area contributed by atoms with Crippen LogP contribution in [0.4, 0.5) is 0 Å². The van der Waals surface area contributed by atoms with Crippen LogP contribution in [0.5, 0.6) is 0 Å².